The minimum atomic E-state index is 0.0639. The molecule has 0 saturated carbocycles. The first-order valence-electron chi connectivity index (χ1n) is 6.35. The van der Waals surface area contributed by atoms with Gasteiger partial charge in [0, 0.05) is 36.6 Å². The van der Waals surface area contributed by atoms with Gasteiger partial charge in [-0.15, -0.1) is 0 Å². The van der Waals surface area contributed by atoms with Crippen LogP contribution in [0.4, 0.5) is 0 Å². The number of carbonyl (C=O) groups excluding carboxylic acids is 1. The van der Waals surface area contributed by atoms with E-state index >= 15 is 0 Å². The van der Waals surface area contributed by atoms with Gasteiger partial charge in [-0.25, -0.2) is 0 Å². The molecule has 1 atom stereocenters. The Morgan fingerprint density at radius 3 is 2.67 bits per heavy atom. The summed E-state index contributed by atoms with van der Waals surface area (Å²) in [4.78, 5) is 14.0. The van der Waals surface area contributed by atoms with Crippen molar-refractivity contribution in [3.63, 3.8) is 0 Å². The second-order valence-corrected chi connectivity index (χ2v) is 5.43. The van der Waals surface area contributed by atoms with Crippen LogP contribution in [0.15, 0.2) is 24.3 Å². The van der Waals surface area contributed by atoms with E-state index in [2.05, 4.69) is 5.32 Å². The molecule has 1 aliphatic heterocycles. The summed E-state index contributed by atoms with van der Waals surface area (Å²) in [7, 11) is 0. The van der Waals surface area contributed by atoms with E-state index < -0.39 is 0 Å². The Bertz CT molecular complexity index is 416. The Balaban J connectivity index is 2.07. The predicted molar refractivity (Wildman–Crippen MR) is 73.6 cm³/mol. The number of benzene rings is 1. The Kier molecular flexibility index (Phi) is 4.25. The quantitative estimate of drug-likeness (QED) is 0.892. The van der Waals surface area contributed by atoms with Crippen molar-refractivity contribution in [2.24, 2.45) is 5.92 Å². The summed E-state index contributed by atoms with van der Waals surface area (Å²) in [6.45, 7) is 6.26. The van der Waals surface area contributed by atoms with Crippen LogP contribution in [-0.4, -0.2) is 30.4 Å². The molecule has 0 bridgehead atoms. The van der Waals surface area contributed by atoms with Crippen LogP contribution in [-0.2, 0) is 4.79 Å². The van der Waals surface area contributed by atoms with Gasteiger partial charge in [-0.05, 0) is 17.7 Å². The maximum atomic E-state index is 12.0. The van der Waals surface area contributed by atoms with E-state index in [1.54, 1.807) is 0 Å². The second kappa shape index (κ2) is 5.72. The van der Waals surface area contributed by atoms with Gasteiger partial charge in [-0.3, -0.25) is 4.79 Å². The number of piperazine rings is 1. The maximum Gasteiger partial charge on any atom is 0.225 e. The molecule has 2 rings (SSSR count). The first-order valence-corrected chi connectivity index (χ1v) is 6.73. The largest absolute Gasteiger partial charge is 0.339 e. The van der Waals surface area contributed by atoms with Crippen molar-refractivity contribution in [1.29, 1.82) is 0 Å². The van der Waals surface area contributed by atoms with Gasteiger partial charge in [0.1, 0.15) is 0 Å². The summed E-state index contributed by atoms with van der Waals surface area (Å²) in [5, 5.41) is 4.18. The fourth-order valence-corrected chi connectivity index (χ4v) is 2.36. The molecule has 1 N–H and O–H groups in total. The second-order valence-electron chi connectivity index (χ2n) is 5.00. The van der Waals surface area contributed by atoms with E-state index in [9.17, 15) is 4.79 Å². The molecule has 4 heteroatoms. The molecule has 1 aliphatic rings. The summed E-state index contributed by atoms with van der Waals surface area (Å²) in [6.07, 6.45) is 0. The van der Waals surface area contributed by atoms with Gasteiger partial charge in [0.15, 0.2) is 0 Å². The number of nitrogens with zero attached hydrogens (tertiary/aromatic N) is 1. The average molecular weight is 267 g/mol. The number of amides is 1. The van der Waals surface area contributed by atoms with Crippen LogP contribution < -0.4 is 5.32 Å². The van der Waals surface area contributed by atoms with Gasteiger partial charge >= 0.3 is 0 Å². The highest BCUT2D eigenvalue weighted by molar-refractivity contribution is 6.30. The van der Waals surface area contributed by atoms with Gasteiger partial charge in [0.25, 0.3) is 0 Å². The molecule has 0 spiro atoms. The summed E-state index contributed by atoms with van der Waals surface area (Å²) >= 11 is 5.89. The maximum absolute atomic E-state index is 12.0. The first-order chi connectivity index (χ1) is 8.58. The Morgan fingerprint density at radius 2 is 2.06 bits per heavy atom. The third-order valence-electron chi connectivity index (χ3n) is 3.25. The minimum Gasteiger partial charge on any atom is -0.339 e. The van der Waals surface area contributed by atoms with Crippen LogP contribution in [0.25, 0.3) is 0 Å². The third-order valence-corrected chi connectivity index (χ3v) is 3.51. The topological polar surface area (TPSA) is 32.3 Å². The molecule has 0 aliphatic carbocycles. The number of hydrogen-bond donors (Lipinski definition) is 1. The Labute approximate surface area is 113 Å². The van der Waals surface area contributed by atoms with E-state index in [0.717, 1.165) is 24.7 Å². The zero-order valence-electron chi connectivity index (χ0n) is 10.8. The standard InChI is InChI=1S/C14H19ClN2O/c1-10(2)14(18)17-8-7-16-13(9-17)11-3-5-12(15)6-4-11/h3-6,10,13,16H,7-9H2,1-2H3. The van der Waals surface area contributed by atoms with E-state index in [1.165, 1.54) is 5.56 Å². The van der Waals surface area contributed by atoms with E-state index in [0.29, 0.717) is 0 Å². The van der Waals surface area contributed by atoms with Crippen molar-refractivity contribution in [3.05, 3.63) is 34.9 Å². The van der Waals surface area contributed by atoms with E-state index in [-0.39, 0.29) is 17.9 Å². The van der Waals surface area contributed by atoms with E-state index in [1.807, 2.05) is 43.0 Å². The highest BCUT2D eigenvalue weighted by Crippen LogP contribution is 2.20. The molecule has 1 fully saturated rings. The predicted octanol–water partition coefficient (Wildman–Crippen LogP) is 2.47. The summed E-state index contributed by atoms with van der Waals surface area (Å²) in [5.74, 6) is 0.296. The average Bonchev–Trinajstić information content (AvgIpc) is 2.38. The molecule has 1 unspecified atom stereocenters. The minimum absolute atomic E-state index is 0.0639. The van der Waals surface area contributed by atoms with Gasteiger partial charge in [-0.1, -0.05) is 37.6 Å². The number of nitrogens with one attached hydrogen (secondary N) is 1. The van der Waals surface area contributed by atoms with Crippen LogP contribution in [0.5, 0.6) is 0 Å². The summed E-state index contributed by atoms with van der Waals surface area (Å²) in [6, 6.07) is 8.02. The molecule has 1 heterocycles. The molecule has 98 valence electrons. The zero-order chi connectivity index (χ0) is 13.1. The van der Waals surface area contributed by atoms with Crippen LogP contribution in [0, 0.1) is 5.92 Å². The van der Waals surface area contributed by atoms with Crippen molar-refractivity contribution in [3.8, 4) is 0 Å². The molecule has 1 aromatic rings. The van der Waals surface area contributed by atoms with Gasteiger partial charge in [-0.2, -0.15) is 0 Å². The van der Waals surface area contributed by atoms with Gasteiger partial charge < -0.3 is 10.2 Å². The third kappa shape index (κ3) is 3.03. The van der Waals surface area contributed by atoms with Crippen LogP contribution in [0.2, 0.25) is 5.02 Å². The molecule has 18 heavy (non-hydrogen) atoms. The molecule has 0 aromatic heterocycles. The molecule has 1 aromatic carbocycles. The first kappa shape index (κ1) is 13.4. The molecule has 1 saturated heterocycles. The fraction of sp³-hybridized carbons (Fsp3) is 0.500. The zero-order valence-corrected chi connectivity index (χ0v) is 11.6. The number of rotatable bonds is 2. The molecule has 3 nitrogen and oxygen atoms in total. The van der Waals surface area contributed by atoms with Crippen LogP contribution in [0.3, 0.4) is 0 Å². The lowest BCUT2D eigenvalue weighted by molar-refractivity contribution is -0.135. The smallest absolute Gasteiger partial charge is 0.225 e. The summed E-state index contributed by atoms with van der Waals surface area (Å²) < 4.78 is 0. The van der Waals surface area contributed by atoms with Gasteiger partial charge in [0.2, 0.25) is 5.91 Å². The van der Waals surface area contributed by atoms with Crippen molar-refractivity contribution < 1.29 is 4.79 Å². The number of carbonyl (C=O) groups is 1. The van der Waals surface area contributed by atoms with Crippen molar-refractivity contribution in [1.82, 2.24) is 10.2 Å². The monoisotopic (exact) mass is 266 g/mol. The number of halogens is 1. The lowest BCUT2D eigenvalue weighted by Gasteiger charge is -2.35. The molecular formula is C14H19ClN2O. The van der Waals surface area contributed by atoms with Crippen LogP contribution in [0.1, 0.15) is 25.5 Å². The van der Waals surface area contributed by atoms with Crippen molar-refractivity contribution >= 4 is 17.5 Å². The summed E-state index contributed by atoms with van der Waals surface area (Å²) in [5.41, 5.74) is 1.18. The fourth-order valence-electron chi connectivity index (χ4n) is 2.23. The molecule has 0 radical (unpaired) electrons. The Hall–Kier alpha value is -1.06. The normalized spacial score (nSPS) is 20.2. The highest BCUT2D eigenvalue weighted by atomic mass is 35.5. The van der Waals surface area contributed by atoms with Crippen molar-refractivity contribution in [2.75, 3.05) is 19.6 Å². The highest BCUT2D eigenvalue weighted by Gasteiger charge is 2.25. The lowest BCUT2D eigenvalue weighted by atomic mass is 10.0. The number of hydrogen-bond acceptors (Lipinski definition) is 2. The van der Waals surface area contributed by atoms with Crippen molar-refractivity contribution in [2.45, 2.75) is 19.9 Å². The Morgan fingerprint density at radius 1 is 1.39 bits per heavy atom. The van der Waals surface area contributed by atoms with Gasteiger partial charge in [0.05, 0.1) is 0 Å². The lowest BCUT2D eigenvalue weighted by Crippen LogP contribution is -2.49. The molecular weight excluding hydrogens is 248 g/mol. The van der Waals surface area contributed by atoms with E-state index in [4.69, 9.17) is 11.6 Å². The SMILES string of the molecule is CC(C)C(=O)N1CCNC(c2ccc(Cl)cc2)C1. The van der Waals surface area contributed by atoms with Crippen LogP contribution >= 0.6 is 11.6 Å². The molecule has 1 amide bonds.